The van der Waals surface area contributed by atoms with E-state index in [0.29, 0.717) is 5.92 Å². The summed E-state index contributed by atoms with van der Waals surface area (Å²) < 4.78 is 0. The molecule has 1 unspecified atom stereocenters. The van der Waals surface area contributed by atoms with Crippen LogP contribution in [0.1, 0.15) is 47.0 Å². The lowest BCUT2D eigenvalue weighted by Crippen LogP contribution is -2.54. The number of urea groups is 1. The van der Waals surface area contributed by atoms with Gasteiger partial charge in [0.15, 0.2) is 0 Å². The summed E-state index contributed by atoms with van der Waals surface area (Å²) in [5.41, 5.74) is -0.0455. The lowest BCUT2D eigenvalue weighted by molar-refractivity contribution is 0.168. The summed E-state index contributed by atoms with van der Waals surface area (Å²) in [5, 5.41) is 3.17. The molecule has 90 valence electrons. The monoisotopic (exact) mass is 214 g/mol. The van der Waals surface area contributed by atoms with Gasteiger partial charge in [-0.2, -0.15) is 0 Å². The van der Waals surface area contributed by atoms with Crippen molar-refractivity contribution in [1.82, 2.24) is 10.2 Å². The Morgan fingerprint density at radius 2 is 1.73 bits per heavy atom. The Hall–Kier alpha value is -0.730. The summed E-state index contributed by atoms with van der Waals surface area (Å²) in [6, 6.07) is 0.0130. The van der Waals surface area contributed by atoms with E-state index in [1.807, 2.05) is 0 Å². The van der Waals surface area contributed by atoms with Crippen LogP contribution in [0, 0.1) is 5.92 Å². The topological polar surface area (TPSA) is 32.3 Å². The van der Waals surface area contributed by atoms with E-state index in [9.17, 15) is 4.79 Å². The van der Waals surface area contributed by atoms with Crippen molar-refractivity contribution in [2.45, 2.75) is 52.5 Å². The first-order valence-electron chi connectivity index (χ1n) is 5.92. The molecule has 0 fully saturated rings. The number of carbonyl (C=O) groups is 1. The standard InChI is InChI=1S/C12H26N2O/c1-7-10(4)12(8-2,9-3)13-11(15)14(5)6/h10H,7-9H2,1-6H3,(H,13,15). The molecule has 0 spiro atoms. The molecule has 0 saturated heterocycles. The number of rotatable bonds is 5. The molecule has 0 aliphatic heterocycles. The average Bonchev–Trinajstić information content (AvgIpc) is 2.24. The van der Waals surface area contributed by atoms with Crippen LogP contribution in [0.15, 0.2) is 0 Å². The zero-order chi connectivity index (χ0) is 12.1. The lowest BCUT2D eigenvalue weighted by Gasteiger charge is -2.39. The molecule has 0 aliphatic carbocycles. The molecule has 0 bridgehead atoms. The van der Waals surface area contributed by atoms with Crippen molar-refractivity contribution >= 4 is 6.03 Å². The maximum atomic E-state index is 11.7. The van der Waals surface area contributed by atoms with Crippen LogP contribution in [0.2, 0.25) is 0 Å². The highest BCUT2D eigenvalue weighted by atomic mass is 16.2. The van der Waals surface area contributed by atoms with E-state index in [2.05, 4.69) is 33.0 Å². The van der Waals surface area contributed by atoms with E-state index in [0.717, 1.165) is 19.3 Å². The van der Waals surface area contributed by atoms with Gasteiger partial charge in [-0.3, -0.25) is 0 Å². The molecule has 2 amide bonds. The van der Waals surface area contributed by atoms with Crippen molar-refractivity contribution in [3.63, 3.8) is 0 Å². The minimum absolute atomic E-state index is 0.0130. The number of hydrogen-bond donors (Lipinski definition) is 1. The van der Waals surface area contributed by atoms with E-state index >= 15 is 0 Å². The van der Waals surface area contributed by atoms with Gasteiger partial charge in [-0.15, -0.1) is 0 Å². The van der Waals surface area contributed by atoms with Crippen molar-refractivity contribution in [3.05, 3.63) is 0 Å². The van der Waals surface area contributed by atoms with Gasteiger partial charge in [-0.1, -0.05) is 34.1 Å². The van der Waals surface area contributed by atoms with Gasteiger partial charge in [0.25, 0.3) is 0 Å². The molecule has 3 nitrogen and oxygen atoms in total. The molecule has 0 rings (SSSR count). The van der Waals surface area contributed by atoms with Crippen molar-refractivity contribution in [3.8, 4) is 0 Å². The Morgan fingerprint density at radius 3 is 2.00 bits per heavy atom. The molecule has 0 aromatic heterocycles. The van der Waals surface area contributed by atoms with Crippen LogP contribution in [0.25, 0.3) is 0 Å². The summed E-state index contributed by atoms with van der Waals surface area (Å²) in [5.74, 6) is 0.511. The molecule has 1 N–H and O–H groups in total. The third-order valence-electron chi connectivity index (χ3n) is 3.58. The molecule has 0 radical (unpaired) electrons. The predicted octanol–water partition coefficient (Wildman–Crippen LogP) is 2.86. The molecule has 0 saturated carbocycles. The number of amides is 2. The number of nitrogens with zero attached hydrogens (tertiary/aromatic N) is 1. The average molecular weight is 214 g/mol. The van der Waals surface area contributed by atoms with E-state index in [4.69, 9.17) is 0 Å². The maximum Gasteiger partial charge on any atom is 0.317 e. The van der Waals surface area contributed by atoms with Crippen molar-refractivity contribution in [2.24, 2.45) is 5.92 Å². The van der Waals surface area contributed by atoms with Crippen LogP contribution in [-0.2, 0) is 0 Å². The smallest absolute Gasteiger partial charge is 0.317 e. The number of nitrogens with one attached hydrogen (secondary N) is 1. The molecule has 1 atom stereocenters. The molecular weight excluding hydrogens is 188 g/mol. The second-order valence-electron chi connectivity index (χ2n) is 4.50. The molecule has 0 aromatic rings. The highest BCUT2D eigenvalue weighted by Gasteiger charge is 2.33. The predicted molar refractivity (Wildman–Crippen MR) is 65.0 cm³/mol. The Morgan fingerprint density at radius 1 is 1.27 bits per heavy atom. The van der Waals surface area contributed by atoms with E-state index in [1.54, 1.807) is 19.0 Å². The van der Waals surface area contributed by atoms with Crippen molar-refractivity contribution in [1.29, 1.82) is 0 Å². The molecule has 0 aromatic carbocycles. The second kappa shape index (κ2) is 5.99. The minimum Gasteiger partial charge on any atom is -0.332 e. The SMILES string of the molecule is CCC(C)C(CC)(CC)NC(=O)N(C)C. The van der Waals surface area contributed by atoms with E-state index in [1.165, 1.54) is 0 Å². The molecule has 0 heterocycles. The van der Waals surface area contributed by atoms with Crippen LogP contribution < -0.4 is 5.32 Å². The highest BCUT2D eigenvalue weighted by Crippen LogP contribution is 2.27. The zero-order valence-corrected chi connectivity index (χ0v) is 11.1. The molecule has 15 heavy (non-hydrogen) atoms. The molecular formula is C12H26N2O. The summed E-state index contributed by atoms with van der Waals surface area (Å²) >= 11 is 0. The van der Waals surface area contributed by atoms with Gasteiger partial charge in [0.05, 0.1) is 0 Å². The second-order valence-corrected chi connectivity index (χ2v) is 4.50. The largest absolute Gasteiger partial charge is 0.332 e. The quantitative estimate of drug-likeness (QED) is 0.750. The lowest BCUT2D eigenvalue weighted by atomic mass is 9.79. The van der Waals surface area contributed by atoms with Crippen LogP contribution in [-0.4, -0.2) is 30.6 Å². The fourth-order valence-electron chi connectivity index (χ4n) is 1.96. The molecule has 0 aliphatic rings. The fraction of sp³-hybridized carbons (Fsp3) is 0.917. The van der Waals surface area contributed by atoms with Gasteiger partial charge in [0.2, 0.25) is 0 Å². The van der Waals surface area contributed by atoms with Gasteiger partial charge in [0, 0.05) is 19.6 Å². The van der Waals surface area contributed by atoms with Crippen LogP contribution in [0.3, 0.4) is 0 Å². The first-order valence-corrected chi connectivity index (χ1v) is 5.92. The Labute approximate surface area is 94.2 Å². The zero-order valence-electron chi connectivity index (χ0n) is 11.1. The van der Waals surface area contributed by atoms with Crippen LogP contribution >= 0.6 is 0 Å². The summed E-state index contributed by atoms with van der Waals surface area (Å²) in [7, 11) is 3.56. The Bertz CT molecular complexity index is 198. The Balaban J connectivity index is 4.71. The van der Waals surface area contributed by atoms with Gasteiger partial charge < -0.3 is 10.2 Å². The Kier molecular flexibility index (Phi) is 5.69. The number of hydrogen-bond acceptors (Lipinski definition) is 1. The van der Waals surface area contributed by atoms with Crippen LogP contribution in [0.4, 0.5) is 4.79 Å². The summed E-state index contributed by atoms with van der Waals surface area (Å²) in [6.07, 6.45) is 3.06. The summed E-state index contributed by atoms with van der Waals surface area (Å²) in [6.45, 7) is 8.67. The van der Waals surface area contributed by atoms with Gasteiger partial charge in [-0.05, 0) is 18.8 Å². The van der Waals surface area contributed by atoms with Crippen LogP contribution in [0.5, 0.6) is 0 Å². The first kappa shape index (κ1) is 14.3. The maximum absolute atomic E-state index is 11.7. The molecule has 3 heteroatoms. The van der Waals surface area contributed by atoms with E-state index in [-0.39, 0.29) is 11.6 Å². The van der Waals surface area contributed by atoms with Gasteiger partial charge >= 0.3 is 6.03 Å². The van der Waals surface area contributed by atoms with Gasteiger partial charge in [-0.25, -0.2) is 4.79 Å². The summed E-state index contributed by atoms with van der Waals surface area (Å²) in [4.78, 5) is 13.3. The minimum atomic E-state index is -0.0455. The van der Waals surface area contributed by atoms with E-state index < -0.39 is 0 Å². The third-order valence-corrected chi connectivity index (χ3v) is 3.58. The van der Waals surface area contributed by atoms with Gasteiger partial charge in [0.1, 0.15) is 0 Å². The first-order chi connectivity index (χ1) is 6.93. The highest BCUT2D eigenvalue weighted by molar-refractivity contribution is 5.74. The van der Waals surface area contributed by atoms with Crippen molar-refractivity contribution < 1.29 is 4.79 Å². The number of carbonyl (C=O) groups excluding carboxylic acids is 1. The third kappa shape index (κ3) is 3.40. The van der Waals surface area contributed by atoms with Crippen molar-refractivity contribution in [2.75, 3.05) is 14.1 Å². The normalized spacial score (nSPS) is 13.5. The fourth-order valence-corrected chi connectivity index (χ4v) is 1.96.